The first-order chi connectivity index (χ1) is 9.81. The molecule has 0 radical (unpaired) electrons. The van der Waals surface area contributed by atoms with Gasteiger partial charge in [-0.1, -0.05) is 37.0 Å². The molecule has 1 aromatic carbocycles. The number of ether oxygens (including phenoxy) is 1. The summed E-state index contributed by atoms with van der Waals surface area (Å²) in [5.74, 6) is 0.925. The number of hydrogen-bond acceptors (Lipinski definition) is 3. The molecule has 0 aliphatic rings. The van der Waals surface area contributed by atoms with Gasteiger partial charge in [0.25, 0.3) is 5.91 Å². The Morgan fingerprint density at radius 3 is 2.57 bits per heavy atom. The Balaban J connectivity index is 2.82. The topological polar surface area (TPSA) is 41.6 Å². The number of halogens is 2. The van der Waals surface area contributed by atoms with Crippen molar-refractivity contribution in [1.82, 2.24) is 10.2 Å². The fraction of sp³-hybridized carbons (Fsp3) is 0.533. The van der Waals surface area contributed by atoms with E-state index in [-0.39, 0.29) is 12.5 Å². The number of carbonyl (C=O) groups excluding carboxylic acids is 1. The van der Waals surface area contributed by atoms with Crippen LogP contribution in [0.1, 0.15) is 19.4 Å². The molecule has 21 heavy (non-hydrogen) atoms. The van der Waals surface area contributed by atoms with Crippen LogP contribution in [-0.4, -0.2) is 38.1 Å². The number of likely N-dealkylation sites (N-methyl/N-ethyl adjacent to an activating group) is 1. The van der Waals surface area contributed by atoms with Gasteiger partial charge < -0.3 is 15.0 Å². The zero-order chi connectivity index (χ0) is 16.0. The molecule has 0 aliphatic heterocycles. The normalized spacial score (nSPS) is 10.8. The predicted molar refractivity (Wildman–Crippen MR) is 87.2 cm³/mol. The summed E-state index contributed by atoms with van der Waals surface area (Å²) < 4.78 is 5.58. The Morgan fingerprint density at radius 1 is 1.33 bits per heavy atom. The largest absolute Gasteiger partial charge is 0.482 e. The van der Waals surface area contributed by atoms with Crippen molar-refractivity contribution in [2.24, 2.45) is 5.92 Å². The first kappa shape index (κ1) is 18.1. The third kappa shape index (κ3) is 6.12. The number of rotatable bonds is 7. The van der Waals surface area contributed by atoms with E-state index in [1.54, 1.807) is 26.2 Å². The van der Waals surface area contributed by atoms with Crippen molar-refractivity contribution in [2.75, 3.05) is 27.2 Å². The third-order valence-corrected chi connectivity index (χ3v) is 3.29. The molecule has 0 aromatic heterocycles. The SMILES string of the molecule is CC(C)CNCc1cc(Cl)cc(Cl)c1OCC(=O)N(C)C. The van der Waals surface area contributed by atoms with Crippen molar-refractivity contribution < 1.29 is 9.53 Å². The van der Waals surface area contributed by atoms with Crippen molar-refractivity contribution in [3.63, 3.8) is 0 Å². The molecule has 1 rings (SSSR count). The van der Waals surface area contributed by atoms with E-state index in [4.69, 9.17) is 27.9 Å². The molecular formula is C15H22Cl2N2O2. The molecule has 0 saturated heterocycles. The van der Waals surface area contributed by atoms with E-state index in [0.717, 1.165) is 12.1 Å². The van der Waals surface area contributed by atoms with Crippen molar-refractivity contribution in [3.8, 4) is 5.75 Å². The van der Waals surface area contributed by atoms with Gasteiger partial charge in [-0.25, -0.2) is 0 Å². The number of amides is 1. The average molecular weight is 333 g/mol. The molecule has 4 nitrogen and oxygen atoms in total. The lowest BCUT2D eigenvalue weighted by atomic mass is 10.1. The second-order valence-corrected chi connectivity index (χ2v) is 6.32. The molecule has 0 unspecified atom stereocenters. The van der Waals surface area contributed by atoms with Crippen LogP contribution in [0.25, 0.3) is 0 Å². The minimum Gasteiger partial charge on any atom is -0.482 e. The van der Waals surface area contributed by atoms with Crippen LogP contribution in [0.4, 0.5) is 0 Å². The number of carbonyl (C=O) groups is 1. The highest BCUT2D eigenvalue weighted by Gasteiger charge is 2.13. The van der Waals surface area contributed by atoms with Gasteiger partial charge >= 0.3 is 0 Å². The summed E-state index contributed by atoms with van der Waals surface area (Å²) in [7, 11) is 3.36. The van der Waals surface area contributed by atoms with Gasteiger partial charge in [0.05, 0.1) is 5.02 Å². The minimum atomic E-state index is -0.123. The first-order valence-electron chi connectivity index (χ1n) is 6.82. The van der Waals surface area contributed by atoms with Gasteiger partial charge in [-0.3, -0.25) is 4.79 Å². The first-order valence-corrected chi connectivity index (χ1v) is 7.58. The second-order valence-electron chi connectivity index (χ2n) is 5.48. The Hall–Kier alpha value is -0.970. The molecule has 6 heteroatoms. The summed E-state index contributed by atoms with van der Waals surface area (Å²) in [5, 5.41) is 4.27. The van der Waals surface area contributed by atoms with Crippen LogP contribution in [0.3, 0.4) is 0 Å². The molecular weight excluding hydrogens is 311 g/mol. The Kier molecular flexibility index (Phi) is 7.29. The number of hydrogen-bond donors (Lipinski definition) is 1. The van der Waals surface area contributed by atoms with Gasteiger partial charge in [0.2, 0.25) is 0 Å². The van der Waals surface area contributed by atoms with Crippen molar-refractivity contribution in [2.45, 2.75) is 20.4 Å². The third-order valence-electron chi connectivity index (χ3n) is 2.79. The van der Waals surface area contributed by atoms with E-state index in [1.807, 2.05) is 0 Å². The zero-order valence-electron chi connectivity index (χ0n) is 12.9. The van der Waals surface area contributed by atoms with Crippen LogP contribution in [0.5, 0.6) is 5.75 Å². The summed E-state index contributed by atoms with van der Waals surface area (Å²) in [6.45, 7) is 5.67. The molecule has 0 bridgehead atoms. The Morgan fingerprint density at radius 2 is 2.00 bits per heavy atom. The van der Waals surface area contributed by atoms with E-state index < -0.39 is 0 Å². The molecule has 1 aromatic rings. The lowest BCUT2D eigenvalue weighted by Gasteiger charge is -2.16. The molecule has 1 N–H and O–H groups in total. The predicted octanol–water partition coefficient (Wildman–Crippen LogP) is 3.21. The van der Waals surface area contributed by atoms with Gasteiger partial charge in [0, 0.05) is 31.2 Å². The number of nitrogens with one attached hydrogen (secondary N) is 1. The van der Waals surface area contributed by atoms with Crippen LogP contribution in [0.2, 0.25) is 10.0 Å². The van der Waals surface area contributed by atoms with E-state index in [1.165, 1.54) is 4.90 Å². The standard InChI is InChI=1S/C15H22Cl2N2O2/c1-10(2)7-18-8-11-5-12(16)6-13(17)15(11)21-9-14(20)19(3)4/h5-6,10,18H,7-9H2,1-4H3. The molecule has 0 atom stereocenters. The van der Waals surface area contributed by atoms with E-state index in [9.17, 15) is 4.79 Å². The molecule has 1 amide bonds. The molecule has 0 saturated carbocycles. The molecule has 0 fully saturated rings. The summed E-state index contributed by atoms with van der Waals surface area (Å²) >= 11 is 12.2. The molecule has 0 aliphatic carbocycles. The van der Waals surface area contributed by atoms with Crippen LogP contribution < -0.4 is 10.1 Å². The molecule has 0 heterocycles. The van der Waals surface area contributed by atoms with Crippen molar-refractivity contribution in [1.29, 1.82) is 0 Å². The van der Waals surface area contributed by atoms with Crippen LogP contribution in [0, 0.1) is 5.92 Å². The lowest BCUT2D eigenvalue weighted by molar-refractivity contribution is -0.130. The number of benzene rings is 1. The minimum absolute atomic E-state index is 0.0501. The molecule has 0 spiro atoms. The Labute approximate surface area is 136 Å². The van der Waals surface area contributed by atoms with Gasteiger partial charge in [-0.2, -0.15) is 0 Å². The van der Waals surface area contributed by atoms with Gasteiger partial charge in [-0.15, -0.1) is 0 Å². The van der Waals surface area contributed by atoms with E-state index in [2.05, 4.69) is 19.2 Å². The van der Waals surface area contributed by atoms with Crippen LogP contribution in [0.15, 0.2) is 12.1 Å². The average Bonchev–Trinajstić information content (AvgIpc) is 2.36. The maximum atomic E-state index is 11.6. The monoisotopic (exact) mass is 332 g/mol. The zero-order valence-corrected chi connectivity index (χ0v) is 14.4. The van der Waals surface area contributed by atoms with Crippen molar-refractivity contribution >= 4 is 29.1 Å². The second kappa shape index (κ2) is 8.47. The van der Waals surface area contributed by atoms with Crippen LogP contribution in [-0.2, 0) is 11.3 Å². The van der Waals surface area contributed by atoms with Gasteiger partial charge in [0.15, 0.2) is 6.61 Å². The van der Waals surface area contributed by atoms with Gasteiger partial charge in [0.1, 0.15) is 5.75 Å². The van der Waals surface area contributed by atoms with Gasteiger partial charge in [-0.05, 0) is 24.6 Å². The van der Waals surface area contributed by atoms with E-state index in [0.29, 0.717) is 28.3 Å². The Bertz CT molecular complexity index is 491. The lowest BCUT2D eigenvalue weighted by Crippen LogP contribution is -2.28. The highest BCUT2D eigenvalue weighted by Crippen LogP contribution is 2.32. The highest BCUT2D eigenvalue weighted by molar-refractivity contribution is 6.35. The van der Waals surface area contributed by atoms with E-state index >= 15 is 0 Å². The highest BCUT2D eigenvalue weighted by atomic mass is 35.5. The van der Waals surface area contributed by atoms with Crippen molar-refractivity contribution in [3.05, 3.63) is 27.7 Å². The fourth-order valence-electron chi connectivity index (χ4n) is 1.67. The molecule has 118 valence electrons. The van der Waals surface area contributed by atoms with Crippen LogP contribution >= 0.6 is 23.2 Å². The quantitative estimate of drug-likeness (QED) is 0.833. The maximum Gasteiger partial charge on any atom is 0.259 e. The summed E-state index contributed by atoms with van der Waals surface area (Å²) in [6, 6.07) is 3.42. The smallest absolute Gasteiger partial charge is 0.259 e. The maximum absolute atomic E-state index is 11.6. The summed E-state index contributed by atoms with van der Waals surface area (Å²) in [4.78, 5) is 13.1. The summed E-state index contributed by atoms with van der Waals surface area (Å²) in [6.07, 6.45) is 0. The number of nitrogens with zero attached hydrogens (tertiary/aromatic N) is 1. The fourth-order valence-corrected chi connectivity index (χ4v) is 2.26. The summed E-state index contributed by atoms with van der Waals surface area (Å²) in [5.41, 5.74) is 0.847.